The molecule has 0 aliphatic heterocycles. The van der Waals surface area contributed by atoms with Gasteiger partial charge in [0.05, 0.1) is 11.1 Å². The second-order valence-corrected chi connectivity index (χ2v) is 6.39. The lowest BCUT2D eigenvalue weighted by Crippen LogP contribution is -2.32. The van der Waals surface area contributed by atoms with Crippen LogP contribution in [0.1, 0.15) is 36.2 Å². The van der Waals surface area contributed by atoms with Gasteiger partial charge in [-0.1, -0.05) is 18.2 Å². The molecule has 126 valence electrons. The Bertz CT molecular complexity index is 740. The molecular formula is C19H22N2O3. The molecule has 0 saturated heterocycles. The number of carbonyl (C=O) groups is 2. The molecule has 2 rings (SSSR count). The Balaban J connectivity index is 2.12. The number of hydrogen-bond donors (Lipinski definition) is 2. The van der Waals surface area contributed by atoms with Gasteiger partial charge in [-0.3, -0.25) is 14.6 Å². The van der Waals surface area contributed by atoms with Gasteiger partial charge in [-0.25, -0.2) is 0 Å². The predicted molar refractivity (Wildman–Crippen MR) is 92.8 cm³/mol. The number of nitrogens with one attached hydrogen (secondary N) is 1. The Morgan fingerprint density at radius 2 is 1.92 bits per heavy atom. The highest BCUT2D eigenvalue weighted by Gasteiger charge is 2.26. The highest BCUT2D eigenvalue weighted by Crippen LogP contribution is 2.24. The average molecular weight is 326 g/mol. The van der Waals surface area contributed by atoms with Crippen LogP contribution in [0.3, 0.4) is 0 Å². The van der Waals surface area contributed by atoms with Crippen molar-refractivity contribution in [2.45, 2.75) is 27.2 Å². The van der Waals surface area contributed by atoms with Crippen molar-refractivity contribution >= 4 is 11.9 Å². The second-order valence-electron chi connectivity index (χ2n) is 6.39. The Morgan fingerprint density at radius 1 is 1.17 bits per heavy atom. The molecule has 24 heavy (non-hydrogen) atoms. The minimum absolute atomic E-state index is 0.202. The summed E-state index contributed by atoms with van der Waals surface area (Å²) in [7, 11) is 0. The Morgan fingerprint density at radius 3 is 2.54 bits per heavy atom. The lowest BCUT2D eigenvalue weighted by atomic mass is 9.89. The van der Waals surface area contributed by atoms with E-state index in [9.17, 15) is 9.59 Å². The molecule has 0 aliphatic rings. The van der Waals surface area contributed by atoms with E-state index in [-0.39, 0.29) is 5.91 Å². The van der Waals surface area contributed by atoms with Crippen LogP contribution in [0.2, 0.25) is 0 Å². The Hall–Kier alpha value is -2.69. The van der Waals surface area contributed by atoms with Crippen molar-refractivity contribution in [1.29, 1.82) is 0 Å². The van der Waals surface area contributed by atoms with Gasteiger partial charge in [0.25, 0.3) is 5.91 Å². The van der Waals surface area contributed by atoms with Crippen molar-refractivity contribution in [2.24, 2.45) is 5.41 Å². The molecule has 2 aromatic rings. The van der Waals surface area contributed by atoms with E-state index in [0.29, 0.717) is 18.5 Å². The third kappa shape index (κ3) is 3.98. The number of nitrogens with zero attached hydrogens (tertiary/aromatic N) is 1. The molecule has 5 nitrogen and oxygen atoms in total. The molecule has 0 bridgehead atoms. The second kappa shape index (κ2) is 7.25. The number of hydrogen-bond acceptors (Lipinski definition) is 3. The SMILES string of the molecule is Cc1c(C(=O)NCCC(C)(C)C(=O)O)cccc1-c1ccccn1. The summed E-state index contributed by atoms with van der Waals surface area (Å²) in [5, 5.41) is 11.9. The van der Waals surface area contributed by atoms with Crippen LogP contribution in [0.5, 0.6) is 0 Å². The number of benzene rings is 1. The molecule has 0 aliphatic carbocycles. The maximum Gasteiger partial charge on any atom is 0.309 e. The quantitative estimate of drug-likeness (QED) is 0.854. The summed E-state index contributed by atoms with van der Waals surface area (Å²) < 4.78 is 0. The Kier molecular flexibility index (Phi) is 5.34. The van der Waals surface area contributed by atoms with E-state index in [1.807, 2.05) is 37.3 Å². The summed E-state index contributed by atoms with van der Waals surface area (Å²) in [6.45, 7) is 5.49. The van der Waals surface area contributed by atoms with Crippen LogP contribution >= 0.6 is 0 Å². The van der Waals surface area contributed by atoms with E-state index in [4.69, 9.17) is 5.11 Å². The van der Waals surface area contributed by atoms with Gasteiger partial charge in [0.2, 0.25) is 0 Å². The third-order valence-electron chi connectivity index (χ3n) is 4.13. The lowest BCUT2D eigenvalue weighted by molar-refractivity contribution is -0.147. The van der Waals surface area contributed by atoms with Crippen LogP contribution in [0.25, 0.3) is 11.3 Å². The molecule has 0 saturated carbocycles. The minimum Gasteiger partial charge on any atom is -0.481 e. The van der Waals surface area contributed by atoms with Gasteiger partial charge in [-0.15, -0.1) is 0 Å². The van der Waals surface area contributed by atoms with E-state index in [2.05, 4.69) is 10.3 Å². The van der Waals surface area contributed by atoms with Crippen molar-refractivity contribution in [3.63, 3.8) is 0 Å². The molecule has 0 radical (unpaired) electrons. The number of aromatic nitrogens is 1. The van der Waals surface area contributed by atoms with Gasteiger partial charge in [0, 0.05) is 23.9 Å². The minimum atomic E-state index is -0.870. The molecular weight excluding hydrogens is 304 g/mol. The van der Waals surface area contributed by atoms with Gasteiger partial charge < -0.3 is 10.4 Å². The molecule has 0 atom stereocenters. The van der Waals surface area contributed by atoms with E-state index in [0.717, 1.165) is 16.8 Å². The number of carboxylic acid groups (broad SMARTS) is 1. The predicted octanol–water partition coefficient (Wildman–Crippen LogP) is 3.29. The van der Waals surface area contributed by atoms with Crippen molar-refractivity contribution in [3.8, 4) is 11.3 Å². The van der Waals surface area contributed by atoms with E-state index < -0.39 is 11.4 Å². The number of amides is 1. The van der Waals surface area contributed by atoms with Crippen LogP contribution in [-0.4, -0.2) is 28.5 Å². The van der Waals surface area contributed by atoms with Crippen LogP contribution < -0.4 is 5.32 Å². The van der Waals surface area contributed by atoms with Crippen LogP contribution in [0.4, 0.5) is 0 Å². The first kappa shape index (κ1) is 17.7. The van der Waals surface area contributed by atoms with Crippen molar-refractivity contribution in [2.75, 3.05) is 6.54 Å². The first-order valence-electron chi connectivity index (χ1n) is 7.85. The molecule has 1 amide bonds. The maximum atomic E-state index is 12.4. The van der Waals surface area contributed by atoms with Gasteiger partial charge in [-0.05, 0) is 51.0 Å². The molecule has 1 heterocycles. The third-order valence-corrected chi connectivity index (χ3v) is 4.13. The molecule has 0 spiro atoms. The summed E-state index contributed by atoms with van der Waals surface area (Å²) in [5.41, 5.74) is 2.29. The zero-order chi connectivity index (χ0) is 17.7. The van der Waals surface area contributed by atoms with Gasteiger partial charge in [0.1, 0.15) is 0 Å². The van der Waals surface area contributed by atoms with Gasteiger partial charge >= 0.3 is 5.97 Å². The Labute approximate surface area is 141 Å². The molecule has 2 N–H and O–H groups in total. The first-order chi connectivity index (χ1) is 11.3. The van der Waals surface area contributed by atoms with Crippen molar-refractivity contribution in [1.82, 2.24) is 10.3 Å². The maximum absolute atomic E-state index is 12.4. The largest absolute Gasteiger partial charge is 0.481 e. The summed E-state index contributed by atoms with van der Waals surface area (Å²) in [4.78, 5) is 27.9. The molecule has 0 unspecified atom stereocenters. The number of pyridine rings is 1. The molecule has 1 aromatic heterocycles. The number of aliphatic carboxylic acids is 1. The van der Waals surface area contributed by atoms with Crippen LogP contribution in [0.15, 0.2) is 42.6 Å². The summed E-state index contributed by atoms with van der Waals surface area (Å²) in [5.74, 6) is -1.07. The smallest absolute Gasteiger partial charge is 0.309 e. The van der Waals surface area contributed by atoms with Crippen LogP contribution in [0, 0.1) is 12.3 Å². The van der Waals surface area contributed by atoms with Gasteiger partial charge in [0.15, 0.2) is 0 Å². The first-order valence-corrected chi connectivity index (χ1v) is 7.85. The monoisotopic (exact) mass is 326 g/mol. The molecule has 0 fully saturated rings. The number of carbonyl (C=O) groups excluding carboxylic acids is 1. The topological polar surface area (TPSA) is 79.3 Å². The fourth-order valence-electron chi connectivity index (χ4n) is 2.37. The fraction of sp³-hybridized carbons (Fsp3) is 0.316. The van der Waals surface area contributed by atoms with Gasteiger partial charge in [-0.2, -0.15) is 0 Å². The standard InChI is InChI=1S/C19H22N2O3/c1-13-14(16-9-4-5-11-20-16)7-6-8-15(13)17(22)21-12-10-19(2,3)18(23)24/h4-9,11H,10,12H2,1-3H3,(H,21,22)(H,23,24). The van der Waals surface area contributed by atoms with E-state index in [1.54, 1.807) is 26.1 Å². The van der Waals surface area contributed by atoms with Crippen LogP contribution in [-0.2, 0) is 4.79 Å². The molecule has 1 aromatic carbocycles. The van der Waals surface area contributed by atoms with Crippen molar-refractivity contribution in [3.05, 3.63) is 53.7 Å². The summed E-state index contributed by atoms with van der Waals surface area (Å²) >= 11 is 0. The molecule has 5 heteroatoms. The normalized spacial score (nSPS) is 11.1. The number of carboxylic acids is 1. The summed E-state index contributed by atoms with van der Waals surface area (Å²) in [6, 6.07) is 11.2. The lowest BCUT2D eigenvalue weighted by Gasteiger charge is -2.19. The average Bonchev–Trinajstić information content (AvgIpc) is 2.55. The zero-order valence-electron chi connectivity index (χ0n) is 14.2. The zero-order valence-corrected chi connectivity index (χ0v) is 14.2. The van der Waals surface area contributed by atoms with E-state index in [1.165, 1.54) is 0 Å². The number of rotatable bonds is 6. The van der Waals surface area contributed by atoms with Crippen molar-refractivity contribution < 1.29 is 14.7 Å². The highest BCUT2D eigenvalue weighted by molar-refractivity contribution is 5.97. The summed E-state index contributed by atoms with van der Waals surface area (Å²) in [6.07, 6.45) is 2.09. The fourth-order valence-corrected chi connectivity index (χ4v) is 2.37. The highest BCUT2D eigenvalue weighted by atomic mass is 16.4. The van der Waals surface area contributed by atoms with E-state index >= 15 is 0 Å².